The van der Waals surface area contributed by atoms with Crippen LogP contribution in [-0.2, 0) is 0 Å². The van der Waals surface area contributed by atoms with Gasteiger partial charge in [-0.1, -0.05) is 35.3 Å². The topological polar surface area (TPSA) is 59.6 Å². The first-order valence-electron chi connectivity index (χ1n) is 6.86. The lowest BCUT2D eigenvalue weighted by atomic mass is 10.3. The Morgan fingerprint density at radius 2 is 1.87 bits per heavy atom. The van der Waals surface area contributed by atoms with E-state index >= 15 is 0 Å². The summed E-state index contributed by atoms with van der Waals surface area (Å²) in [6.45, 7) is 0.640. The molecule has 0 bridgehead atoms. The molecular weight excluding hydrogens is 339 g/mol. The normalized spacial score (nSPS) is 10.0. The summed E-state index contributed by atoms with van der Waals surface area (Å²) in [5.41, 5.74) is 0.570. The zero-order chi connectivity index (χ0) is 16.7. The fraction of sp³-hybridized carbons (Fsp3) is 0.188. The van der Waals surface area contributed by atoms with Crippen molar-refractivity contribution >= 4 is 34.9 Å². The largest absolute Gasteiger partial charge is 0.495 e. The molecule has 2 aromatic carbocycles. The Kier molecular flexibility index (Phi) is 6.38. The van der Waals surface area contributed by atoms with Crippen molar-refractivity contribution in [3.63, 3.8) is 0 Å². The molecule has 23 heavy (non-hydrogen) atoms. The zero-order valence-corrected chi connectivity index (χ0v) is 13.9. The molecule has 2 N–H and O–H groups in total. The molecule has 0 atom stereocenters. The van der Waals surface area contributed by atoms with Gasteiger partial charge in [-0.15, -0.1) is 0 Å². The van der Waals surface area contributed by atoms with Gasteiger partial charge in [-0.3, -0.25) is 0 Å². The van der Waals surface area contributed by atoms with Crippen molar-refractivity contribution in [3.8, 4) is 11.5 Å². The Morgan fingerprint density at radius 3 is 2.57 bits per heavy atom. The number of para-hydroxylation sites is 1. The molecule has 2 aromatic rings. The van der Waals surface area contributed by atoms with E-state index in [-0.39, 0.29) is 6.03 Å². The highest BCUT2D eigenvalue weighted by Crippen LogP contribution is 2.27. The summed E-state index contributed by atoms with van der Waals surface area (Å²) in [5, 5.41) is 6.30. The van der Waals surface area contributed by atoms with Gasteiger partial charge in [-0.2, -0.15) is 0 Å². The first kappa shape index (κ1) is 17.2. The van der Waals surface area contributed by atoms with E-state index in [1.54, 1.807) is 30.3 Å². The molecule has 0 unspecified atom stereocenters. The summed E-state index contributed by atoms with van der Waals surface area (Å²) in [6.07, 6.45) is 0. The van der Waals surface area contributed by atoms with Gasteiger partial charge in [0.05, 0.1) is 23.7 Å². The number of hydrogen-bond donors (Lipinski definition) is 2. The molecule has 0 aliphatic heterocycles. The van der Waals surface area contributed by atoms with Crippen LogP contribution in [0.3, 0.4) is 0 Å². The lowest BCUT2D eigenvalue weighted by molar-refractivity contribution is 0.247. The minimum Gasteiger partial charge on any atom is -0.495 e. The third-order valence-electron chi connectivity index (χ3n) is 2.89. The number of benzene rings is 2. The summed E-state index contributed by atoms with van der Waals surface area (Å²) in [5.74, 6) is 1.13. The van der Waals surface area contributed by atoms with Crippen LogP contribution in [0.25, 0.3) is 0 Å². The third-order valence-corrected chi connectivity index (χ3v) is 3.50. The van der Waals surface area contributed by atoms with Crippen molar-refractivity contribution < 1.29 is 14.3 Å². The molecular formula is C16H16Cl2N2O3. The Balaban J connectivity index is 1.75. The number of nitrogens with one attached hydrogen (secondary N) is 2. The van der Waals surface area contributed by atoms with E-state index in [0.29, 0.717) is 40.4 Å². The molecule has 0 saturated carbocycles. The Labute approximate surface area is 144 Å². The molecule has 2 rings (SSSR count). The van der Waals surface area contributed by atoms with E-state index < -0.39 is 0 Å². The number of ether oxygens (including phenoxy) is 2. The van der Waals surface area contributed by atoms with Crippen LogP contribution in [0.2, 0.25) is 10.0 Å². The maximum absolute atomic E-state index is 11.8. The fourth-order valence-electron chi connectivity index (χ4n) is 1.81. The number of amides is 2. The monoisotopic (exact) mass is 354 g/mol. The van der Waals surface area contributed by atoms with Crippen molar-refractivity contribution in [2.75, 3.05) is 25.6 Å². The van der Waals surface area contributed by atoms with E-state index in [2.05, 4.69) is 10.6 Å². The standard InChI is InChI=1S/C16H16Cl2N2O3/c1-22-14-7-6-11(10-13(14)18)20-16(21)19-8-9-23-15-5-3-2-4-12(15)17/h2-7,10H,8-9H2,1H3,(H2,19,20,21). The number of carbonyl (C=O) groups is 1. The van der Waals surface area contributed by atoms with Crippen LogP contribution in [0.15, 0.2) is 42.5 Å². The molecule has 0 heterocycles. The summed E-state index contributed by atoms with van der Waals surface area (Å²) >= 11 is 12.0. The Hall–Kier alpha value is -2.11. The van der Waals surface area contributed by atoms with Crippen molar-refractivity contribution in [1.29, 1.82) is 0 Å². The van der Waals surface area contributed by atoms with Crippen molar-refractivity contribution in [1.82, 2.24) is 5.32 Å². The molecule has 5 nitrogen and oxygen atoms in total. The summed E-state index contributed by atoms with van der Waals surface area (Å²) < 4.78 is 10.5. The van der Waals surface area contributed by atoms with Crippen LogP contribution < -0.4 is 20.1 Å². The second-order valence-corrected chi connectivity index (χ2v) is 5.32. The number of urea groups is 1. The van der Waals surface area contributed by atoms with Gasteiger partial charge in [-0.05, 0) is 30.3 Å². The van der Waals surface area contributed by atoms with Gasteiger partial charge >= 0.3 is 6.03 Å². The predicted octanol–water partition coefficient (Wildman–Crippen LogP) is 4.20. The highest BCUT2D eigenvalue weighted by Gasteiger charge is 2.05. The molecule has 7 heteroatoms. The van der Waals surface area contributed by atoms with E-state index in [0.717, 1.165) is 0 Å². The number of hydrogen-bond acceptors (Lipinski definition) is 3. The SMILES string of the molecule is COc1ccc(NC(=O)NCCOc2ccccc2Cl)cc1Cl. The third kappa shape index (κ3) is 5.23. The van der Waals surface area contributed by atoms with Crippen LogP contribution in [-0.4, -0.2) is 26.3 Å². The molecule has 122 valence electrons. The van der Waals surface area contributed by atoms with Gasteiger partial charge in [0.15, 0.2) is 0 Å². The number of anilines is 1. The Morgan fingerprint density at radius 1 is 1.09 bits per heavy atom. The molecule has 0 spiro atoms. The van der Waals surface area contributed by atoms with Crippen molar-refractivity contribution in [3.05, 3.63) is 52.5 Å². The maximum Gasteiger partial charge on any atom is 0.319 e. The molecule has 0 aromatic heterocycles. The quantitative estimate of drug-likeness (QED) is 0.764. The predicted molar refractivity (Wildman–Crippen MR) is 92.0 cm³/mol. The molecule has 0 radical (unpaired) electrons. The smallest absolute Gasteiger partial charge is 0.319 e. The van der Waals surface area contributed by atoms with Gasteiger partial charge in [0.25, 0.3) is 0 Å². The van der Waals surface area contributed by atoms with Gasteiger partial charge < -0.3 is 20.1 Å². The van der Waals surface area contributed by atoms with Gasteiger partial charge in [0, 0.05) is 5.69 Å². The summed E-state index contributed by atoms with van der Waals surface area (Å²) in [4.78, 5) is 11.8. The van der Waals surface area contributed by atoms with E-state index in [1.807, 2.05) is 12.1 Å². The lowest BCUT2D eigenvalue weighted by Gasteiger charge is -2.10. The second kappa shape index (κ2) is 8.50. The number of carbonyl (C=O) groups excluding carboxylic acids is 1. The van der Waals surface area contributed by atoms with Crippen LogP contribution in [0.4, 0.5) is 10.5 Å². The summed E-state index contributed by atoms with van der Waals surface area (Å²) in [7, 11) is 1.53. The first-order valence-corrected chi connectivity index (χ1v) is 7.61. The number of rotatable bonds is 6. The average Bonchev–Trinajstić information content (AvgIpc) is 2.53. The van der Waals surface area contributed by atoms with Crippen LogP contribution in [0.1, 0.15) is 0 Å². The first-order chi connectivity index (χ1) is 11.1. The van der Waals surface area contributed by atoms with Crippen LogP contribution >= 0.6 is 23.2 Å². The highest BCUT2D eigenvalue weighted by atomic mass is 35.5. The van der Waals surface area contributed by atoms with Gasteiger partial charge in [0.1, 0.15) is 18.1 Å². The van der Waals surface area contributed by atoms with E-state index in [4.69, 9.17) is 32.7 Å². The zero-order valence-electron chi connectivity index (χ0n) is 12.4. The molecule has 0 aliphatic carbocycles. The lowest BCUT2D eigenvalue weighted by Crippen LogP contribution is -2.32. The summed E-state index contributed by atoms with van der Waals surface area (Å²) in [6, 6.07) is 11.8. The van der Waals surface area contributed by atoms with Gasteiger partial charge in [-0.25, -0.2) is 4.79 Å². The van der Waals surface area contributed by atoms with E-state index in [9.17, 15) is 4.79 Å². The molecule has 2 amide bonds. The molecule has 0 saturated heterocycles. The van der Waals surface area contributed by atoms with Gasteiger partial charge in [0.2, 0.25) is 0 Å². The van der Waals surface area contributed by atoms with Crippen molar-refractivity contribution in [2.24, 2.45) is 0 Å². The van der Waals surface area contributed by atoms with E-state index in [1.165, 1.54) is 7.11 Å². The number of methoxy groups -OCH3 is 1. The highest BCUT2D eigenvalue weighted by molar-refractivity contribution is 6.32. The molecule has 0 fully saturated rings. The molecule has 0 aliphatic rings. The average molecular weight is 355 g/mol. The van der Waals surface area contributed by atoms with Crippen LogP contribution in [0, 0.1) is 0 Å². The number of halogens is 2. The Bertz CT molecular complexity index is 680. The minimum absolute atomic E-state index is 0.306. The van der Waals surface area contributed by atoms with Crippen LogP contribution in [0.5, 0.6) is 11.5 Å². The fourth-order valence-corrected chi connectivity index (χ4v) is 2.25. The van der Waals surface area contributed by atoms with Crippen molar-refractivity contribution in [2.45, 2.75) is 0 Å². The maximum atomic E-state index is 11.8. The minimum atomic E-state index is -0.353. The second-order valence-electron chi connectivity index (χ2n) is 4.51.